The second-order valence-electron chi connectivity index (χ2n) is 6.40. The van der Waals surface area contributed by atoms with Gasteiger partial charge in [-0.1, -0.05) is 11.6 Å². The molecule has 1 amide bonds. The average molecular weight is 464 g/mol. The topological polar surface area (TPSA) is 108 Å². The van der Waals surface area contributed by atoms with Crippen LogP contribution in [-0.4, -0.2) is 45.2 Å². The minimum Gasteiger partial charge on any atom is -0.497 e. The van der Waals surface area contributed by atoms with Gasteiger partial charge < -0.3 is 24.3 Å². The summed E-state index contributed by atoms with van der Waals surface area (Å²) in [5.41, 5.74) is 0.597. The number of carbonyl (C=O) groups excluding carboxylic acids is 2. The summed E-state index contributed by atoms with van der Waals surface area (Å²) in [5.74, 6) is 0.439. The van der Waals surface area contributed by atoms with Gasteiger partial charge in [-0.2, -0.15) is 10.2 Å². The van der Waals surface area contributed by atoms with Crippen molar-refractivity contribution < 1.29 is 28.5 Å². The minimum atomic E-state index is -1.40. The highest BCUT2D eigenvalue weighted by Gasteiger charge is 2.25. The Hall–Kier alpha value is -3.33. The summed E-state index contributed by atoms with van der Waals surface area (Å²) in [6, 6.07) is 6.58. The van der Waals surface area contributed by atoms with Gasteiger partial charge in [0.05, 0.1) is 33.1 Å². The molecule has 32 heavy (non-hydrogen) atoms. The number of ether oxygens (including phenoxy) is 4. The Balaban J connectivity index is 2.34. The van der Waals surface area contributed by atoms with Crippen LogP contribution < -0.4 is 24.3 Å². The van der Waals surface area contributed by atoms with E-state index in [1.807, 2.05) is 6.92 Å². The number of Topliss-reactive ketones (excluding diaryl/α,β-unsaturated/α-hetero) is 1. The molecule has 2 rings (SSSR count). The van der Waals surface area contributed by atoms with Crippen molar-refractivity contribution in [2.24, 2.45) is 10.2 Å². The predicted molar refractivity (Wildman–Crippen MR) is 121 cm³/mol. The maximum Gasteiger partial charge on any atom is 0.258 e. The molecule has 0 radical (unpaired) electrons. The van der Waals surface area contributed by atoms with Crippen molar-refractivity contribution in [3.63, 3.8) is 0 Å². The minimum absolute atomic E-state index is 0.260. The van der Waals surface area contributed by atoms with Crippen LogP contribution in [0.25, 0.3) is 0 Å². The normalized spacial score (nSPS) is 11.7. The first-order chi connectivity index (χ1) is 15.3. The summed E-state index contributed by atoms with van der Waals surface area (Å²) in [6.07, 6.45) is 0. The second kappa shape index (κ2) is 11.9. The van der Waals surface area contributed by atoms with Gasteiger partial charge in [-0.3, -0.25) is 9.59 Å². The number of methoxy groups -OCH3 is 2. The van der Waals surface area contributed by atoms with Gasteiger partial charge in [0.25, 0.3) is 5.91 Å². The van der Waals surface area contributed by atoms with Crippen LogP contribution in [0.15, 0.2) is 40.6 Å². The van der Waals surface area contributed by atoms with E-state index in [0.29, 0.717) is 46.9 Å². The number of hydrogen-bond donors (Lipinski definition) is 1. The largest absolute Gasteiger partial charge is 0.497 e. The number of hydrogen-bond acceptors (Lipinski definition) is 8. The lowest BCUT2D eigenvalue weighted by molar-refractivity contribution is -0.126. The van der Waals surface area contributed by atoms with Crippen molar-refractivity contribution >= 4 is 34.7 Å². The van der Waals surface area contributed by atoms with Crippen molar-refractivity contribution in [3.05, 3.63) is 35.4 Å². The molecule has 0 saturated carbocycles. The Labute approximate surface area is 191 Å². The van der Waals surface area contributed by atoms with Crippen LogP contribution in [0, 0.1) is 0 Å². The van der Waals surface area contributed by atoms with Gasteiger partial charge in [-0.05, 0) is 39.0 Å². The SMILES string of the molecule is CCOc1cc(Cl)cc(NC(=O)C(N=Nc2ccc(OC)cc2OC)C(C)=O)c1OCC. The molecule has 2 aromatic carbocycles. The van der Waals surface area contributed by atoms with E-state index in [-0.39, 0.29) is 5.69 Å². The number of azo groups is 1. The lowest BCUT2D eigenvalue weighted by Gasteiger charge is -2.17. The Morgan fingerprint density at radius 3 is 2.34 bits per heavy atom. The molecule has 0 aromatic heterocycles. The lowest BCUT2D eigenvalue weighted by Crippen LogP contribution is -2.32. The van der Waals surface area contributed by atoms with Gasteiger partial charge in [-0.15, -0.1) is 0 Å². The summed E-state index contributed by atoms with van der Waals surface area (Å²) in [4.78, 5) is 25.0. The fourth-order valence-corrected chi connectivity index (χ4v) is 2.93. The Bertz CT molecular complexity index is 996. The van der Waals surface area contributed by atoms with E-state index in [1.54, 1.807) is 31.2 Å². The number of anilines is 1. The third-order valence-electron chi connectivity index (χ3n) is 4.17. The van der Waals surface area contributed by atoms with E-state index in [9.17, 15) is 9.59 Å². The molecule has 0 aliphatic heterocycles. The molecule has 10 heteroatoms. The number of amides is 1. The summed E-state index contributed by atoms with van der Waals surface area (Å²) < 4.78 is 21.6. The summed E-state index contributed by atoms with van der Waals surface area (Å²) in [5, 5.41) is 11.0. The molecule has 0 bridgehead atoms. The van der Waals surface area contributed by atoms with Crippen LogP contribution in [0.1, 0.15) is 20.8 Å². The number of nitrogens with one attached hydrogen (secondary N) is 1. The van der Waals surface area contributed by atoms with Crippen LogP contribution in [-0.2, 0) is 9.59 Å². The van der Waals surface area contributed by atoms with Crippen LogP contribution >= 0.6 is 11.6 Å². The molecule has 172 valence electrons. The Kier molecular flexibility index (Phi) is 9.27. The Morgan fingerprint density at radius 2 is 1.75 bits per heavy atom. The van der Waals surface area contributed by atoms with Crippen molar-refractivity contribution in [2.45, 2.75) is 26.8 Å². The number of halogens is 1. The molecular formula is C22H26ClN3O6. The standard InChI is InChI=1S/C22H26ClN3O6/c1-6-31-19-11-14(23)10-17(21(19)32-7-2)24-22(28)20(13(3)27)26-25-16-9-8-15(29-4)12-18(16)30-5/h8-12,20H,6-7H2,1-5H3,(H,24,28). The highest BCUT2D eigenvalue weighted by Crippen LogP contribution is 2.39. The molecule has 0 aliphatic carbocycles. The number of benzene rings is 2. The van der Waals surface area contributed by atoms with Gasteiger partial charge in [-0.25, -0.2) is 0 Å². The highest BCUT2D eigenvalue weighted by atomic mass is 35.5. The van der Waals surface area contributed by atoms with Crippen molar-refractivity contribution in [2.75, 3.05) is 32.8 Å². The first kappa shape index (κ1) is 24.9. The average Bonchev–Trinajstić information content (AvgIpc) is 2.76. The molecule has 0 aliphatic rings. The second-order valence-corrected chi connectivity index (χ2v) is 6.84. The number of nitrogens with zero attached hydrogens (tertiary/aromatic N) is 2. The molecule has 0 fully saturated rings. The quantitative estimate of drug-likeness (QED) is 0.377. The van der Waals surface area contributed by atoms with Gasteiger partial charge in [0.2, 0.25) is 6.04 Å². The van der Waals surface area contributed by atoms with E-state index < -0.39 is 17.7 Å². The van der Waals surface area contributed by atoms with E-state index in [2.05, 4.69) is 15.5 Å². The summed E-state index contributed by atoms with van der Waals surface area (Å²) in [6.45, 7) is 5.57. The number of ketones is 1. The molecule has 0 spiro atoms. The molecule has 1 N–H and O–H groups in total. The van der Waals surface area contributed by atoms with E-state index >= 15 is 0 Å². The fourth-order valence-electron chi connectivity index (χ4n) is 2.72. The summed E-state index contributed by atoms with van der Waals surface area (Å²) in [7, 11) is 2.99. The lowest BCUT2D eigenvalue weighted by atomic mass is 10.2. The predicted octanol–water partition coefficient (Wildman–Crippen LogP) is 4.83. The van der Waals surface area contributed by atoms with Crippen LogP contribution in [0.2, 0.25) is 5.02 Å². The number of rotatable bonds is 11. The maximum atomic E-state index is 12.9. The van der Waals surface area contributed by atoms with Crippen molar-refractivity contribution in [3.8, 4) is 23.0 Å². The molecular weight excluding hydrogens is 438 g/mol. The molecule has 0 heterocycles. The van der Waals surface area contributed by atoms with Gasteiger partial charge in [0.1, 0.15) is 17.2 Å². The zero-order chi connectivity index (χ0) is 23.7. The van der Waals surface area contributed by atoms with E-state index in [4.69, 9.17) is 30.5 Å². The molecule has 2 aromatic rings. The summed E-state index contributed by atoms with van der Waals surface area (Å²) >= 11 is 6.16. The third-order valence-corrected chi connectivity index (χ3v) is 4.39. The van der Waals surface area contributed by atoms with E-state index in [1.165, 1.54) is 27.2 Å². The first-order valence-electron chi connectivity index (χ1n) is 9.87. The van der Waals surface area contributed by atoms with E-state index in [0.717, 1.165) is 0 Å². The zero-order valence-corrected chi connectivity index (χ0v) is 19.4. The Morgan fingerprint density at radius 1 is 1.03 bits per heavy atom. The third kappa shape index (κ3) is 6.34. The van der Waals surface area contributed by atoms with Gasteiger partial charge in [0, 0.05) is 17.2 Å². The smallest absolute Gasteiger partial charge is 0.258 e. The number of carbonyl (C=O) groups is 2. The maximum absolute atomic E-state index is 12.9. The van der Waals surface area contributed by atoms with Crippen molar-refractivity contribution in [1.29, 1.82) is 0 Å². The van der Waals surface area contributed by atoms with Gasteiger partial charge in [0.15, 0.2) is 17.3 Å². The first-order valence-corrected chi connectivity index (χ1v) is 10.3. The molecule has 1 unspecified atom stereocenters. The van der Waals surface area contributed by atoms with Crippen LogP contribution in [0.3, 0.4) is 0 Å². The molecule has 9 nitrogen and oxygen atoms in total. The molecule has 1 atom stereocenters. The van der Waals surface area contributed by atoms with Crippen molar-refractivity contribution in [1.82, 2.24) is 0 Å². The monoisotopic (exact) mass is 463 g/mol. The fraction of sp³-hybridized carbons (Fsp3) is 0.364. The van der Waals surface area contributed by atoms with Crippen LogP contribution in [0.5, 0.6) is 23.0 Å². The van der Waals surface area contributed by atoms with Gasteiger partial charge >= 0.3 is 0 Å². The highest BCUT2D eigenvalue weighted by molar-refractivity contribution is 6.31. The molecule has 0 saturated heterocycles. The van der Waals surface area contributed by atoms with Crippen LogP contribution in [0.4, 0.5) is 11.4 Å². The zero-order valence-electron chi connectivity index (χ0n) is 18.6.